The molecule has 2 aliphatic rings. The number of rotatable bonds is 6. The molecule has 1 unspecified atom stereocenters. The van der Waals surface area contributed by atoms with E-state index in [9.17, 15) is 8.42 Å². The molecule has 2 fully saturated rings. The summed E-state index contributed by atoms with van der Waals surface area (Å²) in [5.41, 5.74) is 2.07. The smallest absolute Gasteiger partial charge is 0.240 e. The molecule has 1 N–H and O–H groups in total. The molecule has 0 spiro atoms. The summed E-state index contributed by atoms with van der Waals surface area (Å²) in [7, 11) is -3.53. The van der Waals surface area contributed by atoms with E-state index in [2.05, 4.69) is 9.62 Å². The normalized spacial score (nSPS) is 21.6. The van der Waals surface area contributed by atoms with Crippen molar-refractivity contribution in [2.75, 3.05) is 26.2 Å². The third-order valence-corrected chi connectivity index (χ3v) is 6.45. The molecule has 1 atom stereocenters. The Bertz CT molecular complexity index is 833. The van der Waals surface area contributed by atoms with E-state index < -0.39 is 10.0 Å². The lowest BCUT2D eigenvalue weighted by Gasteiger charge is -2.33. The Morgan fingerprint density at radius 3 is 2.38 bits per heavy atom. The summed E-state index contributed by atoms with van der Waals surface area (Å²) in [5, 5.41) is 0. The molecule has 4 rings (SSSR count). The highest BCUT2D eigenvalue weighted by molar-refractivity contribution is 7.89. The first-order valence-electron chi connectivity index (χ1n) is 9.13. The van der Waals surface area contributed by atoms with Crippen LogP contribution >= 0.6 is 0 Å². The molecular formula is C20H24N2O3S. The number of morpholine rings is 1. The van der Waals surface area contributed by atoms with Crippen LogP contribution in [-0.2, 0) is 14.8 Å². The minimum absolute atomic E-state index is 0.0808. The number of nitrogens with zero attached hydrogens (tertiary/aromatic N) is 1. The molecule has 5 nitrogen and oxygen atoms in total. The summed E-state index contributed by atoms with van der Waals surface area (Å²) in [4.78, 5) is 2.70. The molecule has 1 saturated heterocycles. The van der Waals surface area contributed by atoms with Gasteiger partial charge in [-0.1, -0.05) is 42.5 Å². The van der Waals surface area contributed by atoms with Crippen molar-refractivity contribution in [2.45, 2.75) is 29.9 Å². The van der Waals surface area contributed by atoms with E-state index in [4.69, 9.17) is 4.74 Å². The molecule has 2 aromatic carbocycles. The topological polar surface area (TPSA) is 58.6 Å². The lowest BCUT2D eigenvalue weighted by molar-refractivity contribution is -0.0277. The van der Waals surface area contributed by atoms with Gasteiger partial charge in [0.25, 0.3) is 0 Å². The molecule has 138 valence electrons. The van der Waals surface area contributed by atoms with Gasteiger partial charge in [-0.15, -0.1) is 0 Å². The number of nitrogens with one attached hydrogen (secondary N) is 1. The van der Waals surface area contributed by atoms with Gasteiger partial charge in [0.2, 0.25) is 10.0 Å². The molecule has 1 aliphatic heterocycles. The van der Waals surface area contributed by atoms with Crippen LogP contribution in [0.4, 0.5) is 0 Å². The van der Waals surface area contributed by atoms with Gasteiger partial charge in [0, 0.05) is 25.7 Å². The second-order valence-electron chi connectivity index (χ2n) is 6.96. The summed E-state index contributed by atoms with van der Waals surface area (Å²) in [5.74, 6) is 0. The van der Waals surface area contributed by atoms with Crippen molar-refractivity contribution in [3.05, 3.63) is 54.6 Å². The highest BCUT2D eigenvalue weighted by Crippen LogP contribution is 2.28. The molecular weight excluding hydrogens is 348 g/mol. The van der Waals surface area contributed by atoms with Crippen LogP contribution in [0.15, 0.2) is 59.5 Å². The van der Waals surface area contributed by atoms with Crippen LogP contribution in [0, 0.1) is 0 Å². The number of sulfonamides is 1. The lowest BCUT2D eigenvalue weighted by atomic mass is 10.1. The Labute approximate surface area is 155 Å². The number of benzene rings is 2. The van der Waals surface area contributed by atoms with Crippen molar-refractivity contribution in [1.29, 1.82) is 0 Å². The Kier molecular flexibility index (Phi) is 5.09. The zero-order chi connectivity index (χ0) is 18.0. The molecule has 1 heterocycles. The van der Waals surface area contributed by atoms with Crippen molar-refractivity contribution in [3.63, 3.8) is 0 Å². The van der Waals surface area contributed by atoms with Crippen LogP contribution in [0.1, 0.15) is 12.8 Å². The molecule has 26 heavy (non-hydrogen) atoms. The molecule has 1 saturated carbocycles. The van der Waals surface area contributed by atoms with E-state index >= 15 is 0 Å². The fraction of sp³-hybridized carbons (Fsp3) is 0.400. The predicted molar refractivity (Wildman–Crippen MR) is 101 cm³/mol. The third kappa shape index (κ3) is 4.15. The van der Waals surface area contributed by atoms with E-state index in [0.29, 0.717) is 19.2 Å². The van der Waals surface area contributed by atoms with Gasteiger partial charge in [-0.25, -0.2) is 13.1 Å². The van der Waals surface area contributed by atoms with Gasteiger partial charge >= 0.3 is 0 Å². The first-order chi connectivity index (χ1) is 12.6. The summed E-state index contributed by atoms with van der Waals surface area (Å²) < 4.78 is 33.6. The number of hydrogen-bond donors (Lipinski definition) is 1. The quantitative estimate of drug-likeness (QED) is 0.846. The van der Waals surface area contributed by atoms with Crippen molar-refractivity contribution in [3.8, 4) is 11.1 Å². The molecule has 6 heteroatoms. The van der Waals surface area contributed by atoms with Gasteiger partial charge in [0.15, 0.2) is 0 Å². The highest BCUT2D eigenvalue weighted by atomic mass is 32.2. The van der Waals surface area contributed by atoms with Crippen LogP contribution < -0.4 is 4.72 Å². The minimum Gasteiger partial charge on any atom is -0.374 e. The van der Waals surface area contributed by atoms with Crippen molar-refractivity contribution >= 4 is 10.0 Å². The Hall–Kier alpha value is -1.73. The average Bonchev–Trinajstić information content (AvgIpc) is 3.53. The predicted octanol–water partition coefficient (Wildman–Crippen LogP) is 2.50. The van der Waals surface area contributed by atoms with E-state index in [1.54, 1.807) is 12.1 Å². The van der Waals surface area contributed by atoms with Gasteiger partial charge in [-0.2, -0.15) is 0 Å². The second-order valence-corrected chi connectivity index (χ2v) is 8.73. The van der Waals surface area contributed by atoms with Gasteiger partial charge < -0.3 is 4.74 Å². The van der Waals surface area contributed by atoms with Crippen molar-refractivity contribution < 1.29 is 13.2 Å². The van der Waals surface area contributed by atoms with Gasteiger partial charge in [-0.05, 0) is 36.1 Å². The Morgan fingerprint density at radius 1 is 1.00 bits per heavy atom. The molecule has 2 aromatic rings. The maximum absolute atomic E-state index is 12.6. The van der Waals surface area contributed by atoms with Gasteiger partial charge in [0.05, 0.1) is 17.6 Å². The van der Waals surface area contributed by atoms with Crippen LogP contribution in [-0.4, -0.2) is 51.7 Å². The zero-order valence-electron chi connectivity index (χ0n) is 14.7. The van der Waals surface area contributed by atoms with Crippen molar-refractivity contribution in [1.82, 2.24) is 9.62 Å². The van der Waals surface area contributed by atoms with E-state index in [1.807, 2.05) is 42.5 Å². The molecule has 0 bridgehead atoms. The van der Waals surface area contributed by atoms with E-state index in [-0.39, 0.29) is 11.0 Å². The lowest BCUT2D eigenvalue weighted by Crippen LogP contribution is -2.48. The average molecular weight is 372 g/mol. The Balaban J connectivity index is 1.38. The molecule has 1 aliphatic carbocycles. The summed E-state index contributed by atoms with van der Waals surface area (Å²) in [6.07, 6.45) is 2.43. The zero-order valence-corrected chi connectivity index (χ0v) is 15.5. The highest BCUT2D eigenvalue weighted by Gasteiger charge is 2.33. The first kappa shape index (κ1) is 17.7. The standard InChI is InChI=1S/C20H24N2O3S/c23-26(24,21-14-19-15-22(12-13-25-19)18-8-9-18)20-10-6-17(7-11-20)16-4-2-1-3-5-16/h1-7,10-11,18-19,21H,8-9,12-15H2. The van der Waals surface area contributed by atoms with E-state index in [0.717, 1.165) is 24.2 Å². The van der Waals surface area contributed by atoms with Crippen LogP contribution in [0.25, 0.3) is 11.1 Å². The summed E-state index contributed by atoms with van der Waals surface area (Å²) in [6.45, 7) is 2.75. The first-order valence-corrected chi connectivity index (χ1v) is 10.6. The fourth-order valence-electron chi connectivity index (χ4n) is 3.38. The second kappa shape index (κ2) is 7.48. The molecule has 0 radical (unpaired) electrons. The number of ether oxygens (including phenoxy) is 1. The molecule has 0 amide bonds. The summed E-state index contributed by atoms with van der Waals surface area (Å²) in [6, 6.07) is 17.6. The fourth-order valence-corrected chi connectivity index (χ4v) is 4.45. The van der Waals surface area contributed by atoms with Crippen molar-refractivity contribution in [2.24, 2.45) is 0 Å². The monoisotopic (exact) mass is 372 g/mol. The number of hydrogen-bond acceptors (Lipinski definition) is 4. The summed E-state index contributed by atoms with van der Waals surface area (Å²) >= 11 is 0. The van der Waals surface area contributed by atoms with Gasteiger partial charge in [0.1, 0.15) is 0 Å². The van der Waals surface area contributed by atoms with Crippen LogP contribution in [0.3, 0.4) is 0 Å². The maximum Gasteiger partial charge on any atom is 0.240 e. The maximum atomic E-state index is 12.6. The third-order valence-electron chi connectivity index (χ3n) is 5.01. The van der Waals surface area contributed by atoms with Crippen LogP contribution in [0.2, 0.25) is 0 Å². The largest absolute Gasteiger partial charge is 0.374 e. The molecule has 0 aromatic heterocycles. The minimum atomic E-state index is -3.53. The SMILES string of the molecule is O=S(=O)(NCC1CN(C2CC2)CCO1)c1ccc(-c2ccccc2)cc1. The van der Waals surface area contributed by atoms with Gasteiger partial charge in [-0.3, -0.25) is 4.90 Å². The van der Waals surface area contributed by atoms with Crippen LogP contribution in [0.5, 0.6) is 0 Å². The Morgan fingerprint density at radius 2 is 1.69 bits per heavy atom. The van der Waals surface area contributed by atoms with E-state index in [1.165, 1.54) is 12.8 Å².